The zero-order valence-electron chi connectivity index (χ0n) is 9.01. The summed E-state index contributed by atoms with van der Waals surface area (Å²) in [5.74, 6) is 0.0809. The number of rotatable bonds is 6. The summed E-state index contributed by atoms with van der Waals surface area (Å²) in [4.78, 5) is 10.0. The lowest BCUT2D eigenvalue weighted by Gasteiger charge is -2.07. The van der Waals surface area contributed by atoms with Gasteiger partial charge in [-0.25, -0.2) is 8.42 Å². The molecular weight excluding hydrogens is 350 g/mol. The number of non-ortho nitro benzene ring substituents is 1. The molecule has 0 aliphatic heterocycles. The predicted molar refractivity (Wildman–Crippen MR) is 70.5 cm³/mol. The van der Waals surface area contributed by atoms with E-state index in [1.807, 2.05) is 0 Å². The molecule has 0 bridgehead atoms. The quantitative estimate of drug-likeness (QED) is 0.338. The van der Waals surface area contributed by atoms with Crippen molar-refractivity contribution in [3.63, 3.8) is 0 Å². The van der Waals surface area contributed by atoms with E-state index in [0.717, 1.165) is 0 Å². The Morgan fingerprint density at radius 1 is 1.44 bits per heavy atom. The number of hydrogen-bond donors (Lipinski definition) is 0. The number of nitro benzene ring substituents is 1. The van der Waals surface area contributed by atoms with E-state index >= 15 is 0 Å². The Morgan fingerprint density at radius 3 is 2.67 bits per heavy atom. The van der Waals surface area contributed by atoms with Crippen LogP contribution in [0.5, 0.6) is 5.75 Å². The molecule has 1 aromatic carbocycles. The van der Waals surface area contributed by atoms with Crippen molar-refractivity contribution in [2.75, 3.05) is 12.4 Å². The van der Waals surface area contributed by atoms with E-state index in [1.54, 1.807) is 0 Å². The van der Waals surface area contributed by atoms with Crippen LogP contribution < -0.4 is 4.74 Å². The normalized spacial score (nSPS) is 11.2. The molecule has 1 rings (SSSR count). The fourth-order valence-electron chi connectivity index (χ4n) is 1.13. The van der Waals surface area contributed by atoms with Crippen LogP contribution in [0.3, 0.4) is 0 Å². The molecule has 0 aliphatic carbocycles. The molecule has 0 N–H and O–H groups in total. The molecule has 0 amide bonds. The van der Waals surface area contributed by atoms with Gasteiger partial charge in [-0.3, -0.25) is 10.1 Å². The lowest BCUT2D eigenvalue weighted by Crippen LogP contribution is -2.05. The number of halogens is 2. The maximum atomic E-state index is 10.7. The summed E-state index contributed by atoms with van der Waals surface area (Å²) in [6.07, 6.45) is 0.209. The summed E-state index contributed by atoms with van der Waals surface area (Å²) in [5.41, 5.74) is -0.0989. The average Bonchev–Trinajstić information content (AvgIpc) is 2.24. The third kappa shape index (κ3) is 5.19. The number of nitrogens with zero attached hydrogens (tertiary/aromatic N) is 1. The monoisotopic (exact) mass is 357 g/mol. The number of nitro groups is 1. The lowest BCUT2D eigenvalue weighted by atomic mass is 10.3. The van der Waals surface area contributed by atoms with Gasteiger partial charge < -0.3 is 4.74 Å². The van der Waals surface area contributed by atoms with Crippen molar-refractivity contribution >= 4 is 41.4 Å². The van der Waals surface area contributed by atoms with Crippen LogP contribution in [0.25, 0.3) is 0 Å². The highest BCUT2D eigenvalue weighted by Gasteiger charge is 2.11. The molecule has 0 saturated heterocycles. The highest BCUT2D eigenvalue weighted by molar-refractivity contribution is 9.10. The van der Waals surface area contributed by atoms with E-state index in [0.29, 0.717) is 4.47 Å². The van der Waals surface area contributed by atoms with Gasteiger partial charge in [0.25, 0.3) is 5.69 Å². The van der Waals surface area contributed by atoms with Crippen LogP contribution in [0.4, 0.5) is 5.69 Å². The van der Waals surface area contributed by atoms with E-state index in [1.165, 1.54) is 18.2 Å². The Labute approximate surface area is 117 Å². The molecule has 0 radical (unpaired) electrons. The topological polar surface area (TPSA) is 86.5 Å². The zero-order valence-corrected chi connectivity index (χ0v) is 12.2. The molecule has 0 aliphatic rings. The number of ether oxygens (including phenoxy) is 1. The predicted octanol–water partition coefficient (Wildman–Crippen LogP) is 2.69. The maximum Gasteiger partial charge on any atom is 0.273 e. The van der Waals surface area contributed by atoms with E-state index in [-0.39, 0.29) is 30.2 Å². The molecule has 0 spiro atoms. The molecular formula is C9H9BrClNO5S. The van der Waals surface area contributed by atoms with E-state index in [2.05, 4.69) is 15.9 Å². The molecule has 100 valence electrons. The van der Waals surface area contributed by atoms with Gasteiger partial charge in [0.15, 0.2) is 0 Å². The molecule has 0 unspecified atom stereocenters. The fourth-order valence-corrected chi connectivity index (χ4v) is 2.28. The van der Waals surface area contributed by atoms with Gasteiger partial charge in [0, 0.05) is 16.7 Å². The third-order valence-electron chi connectivity index (χ3n) is 1.92. The first-order valence-electron chi connectivity index (χ1n) is 4.78. The van der Waals surface area contributed by atoms with Gasteiger partial charge in [0.1, 0.15) is 5.75 Å². The Hall–Kier alpha value is -0.860. The Bertz CT molecular complexity index is 548. The van der Waals surface area contributed by atoms with E-state index < -0.39 is 14.0 Å². The van der Waals surface area contributed by atoms with Crippen molar-refractivity contribution in [3.05, 3.63) is 32.8 Å². The Morgan fingerprint density at radius 2 is 2.11 bits per heavy atom. The summed E-state index contributed by atoms with van der Waals surface area (Å²) >= 11 is 3.18. The molecule has 0 heterocycles. The standard InChI is InChI=1S/C9H9BrClNO5S/c10-8-3-2-7(12(13)14)6-9(8)17-4-1-5-18(11,15)16/h2-3,6H,1,4-5H2. The molecule has 1 aromatic rings. The third-order valence-corrected chi connectivity index (χ3v) is 3.81. The van der Waals surface area contributed by atoms with Gasteiger partial charge in [-0.1, -0.05) is 0 Å². The Balaban J connectivity index is 2.61. The first-order chi connectivity index (χ1) is 8.29. The van der Waals surface area contributed by atoms with Crippen LogP contribution in [0.2, 0.25) is 0 Å². The van der Waals surface area contributed by atoms with Crippen molar-refractivity contribution in [3.8, 4) is 5.75 Å². The summed E-state index contributed by atoms with van der Waals surface area (Å²) in [5, 5.41) is 10.6. The largest absolute Gasteiger partial charge is 0.492 e. The zero-order chi connectivity index (χ0) is 13.8. The van der Waals surface area contributed by atoms with Crippen molar-refractivity contribution in [1.29, 1.82) is 0 Å². The summed E-state index contributed by atoms with van der Waals surface area (Å²) in [6.45, 7) is 0.103. The van der Waals surface area contributed by atoms with E-state index in [9.17, 15) is 18.5 Å². The van der Waals surface area contributed by atoms with Crippen molar-refractivity contribution in [2.24, 2.45) is 0 Å². The van der Waals surface area contributed by atoms with Crippen LogP contribution in [0.15, 0.2) is 22.7 Å². The first kappa shape index (κ1) is 15.2. The lowest BCUT2D eigenvalue weighted by molar-refractivity contribution is -0.385. The van der Waals surface area contributed by atoms with Gasteiger partial charge >= 0.3 is 0 Å². The molecule has 18 heavy (non-hydrogen) atoms. The van der Waals surface area contributed by atoms with Gasteiger partial charge in [-0.05, 0) is 28.4 Å². The molecule has 0 aromatic heterocycles. The molecule has 0 saturated carbocycles. The molecule has 6 nitrogen and oxygen atoms in total. The second-order valence-corrected chi connectivity index (χ2v) is 7.07. The van der Waals surface area contributed by atoms with Crippen molar-refractivity contribution < 1.29 is 18.1 Å². The van der Waals surface area contributed by atoms with Crippen molar-refractivity contribution in [1.82, 2.24) is 0 Å². The molecule has 9 heteroatoms. The van der Waals surface area contributed by atoms with Crippen LogP contribution in [-0.2, 0) is 9.05 Å². The number of benzene rings is 1. The second-order valence-electron chi connectivity index (χ2n) is 3.32. The Kier molecular flexibility index (Phi) is 5.36. The highest BCUT2D eigenvalue weighted by atomic mass is 79.9. The maximum absolute atomic E-state index is 10.7. The van der Waals surface area contributed by atoms with Gasteiger partial charge in [0.2, 0.25) is 9.05 Å². The van der Waals surface area contributed by atoms with E-state index in [4.69, 9.17) is 15.4 Å². The highest BCUT2D eigenvalue weighted by Crippen LogP contribution is 2.29. The van der Waals surface area contributed by atoms with Gasteiger partial charge in [0.05, 0.1) is 27.8 Å². The number of hydrogen-bond acceptors (Lipinski definition) is 5. The SMILES string of the molecule is O=[N+]([O-])c1ccc(Br)c(OCCCS(=O)(=O)Cl)c1. The summed E-state index contributed by atoms with van der Waals surface area (Å²) in [6, 6.07) is 4.09. The average molecular weight is 359 g/mol. The first-order valence-corrected chi connectivity index (χ1v) is 8.06. The van der Waals surface area contributed by atoms with Crippen LogP contribution in [0.1, 0.15) is 6.42 Å². The summed E-state index contributed by atoms with van der Waals surface area (Å²) < 4.78 is 27.1. The minimum Gasteiger partial charge on any atom is -0.492 e. The van der Waals surface area contributed by atoms with Gasteiger partial charge in [-0.2, -0.15) is 0 Å². The molecule has 0 fully saturated rings. The van der Waals surface area contributed by atoms with Crippen LogP contribution >= 0.6 is 26.6 Å². The minimum absolute atomic E-state index is 0.0989. The van der Waals surface area contributed by atoms with Crippen LogP contribution in [0, 0.1) is 10.1 Å². The van der Waals surface area contributed by atoms with Crippen molar-refractivity contribution in [2.45, 2.75) is 6.42 Å². The molecule has 0 atom stereocenters. The van der Waals surface area contributed by atoms with Gasteiger partial charge in [-0.15, -0.1) is 0 Å². The fraction of sp³-hybridized carbons (Fsp3) is 0.333. The minimum atomic E-state index is -3.54. The second kappa shape index (κ2) is 6.35. The smallest absolute Gasteiger partial charge is 0.273 e. The van der Waals surface area contributed by atoms with Crippen LogP contribution in [-0.4, -0.2) is 25.7 Å². The summed E-state index contributed by atoms with van der Waals surface area (Å²) in [7, 11) is 1.49.